The van der Waals surface area contributed by atoms with Crippen LogP contribution in [0.5, 0.6) is 5.75 Å². The average molecular weight is 200 g/mol. The van der Waals surface area contributed by atoms with Crippen LogP contribution in [-0.2, 0) is 12.8 Å². The van der Waals surface area contributed by atoms with Crippen LogP contribution >= 0.6 is 0 Å². The smallest absolute Gasteiger partial charge is 0.148 e. The predicted molar refractivity (Wildman–Crippen MR) is 62.0 cm³/mol. The van der Waals surface area contributed by atoms with Gasteiger partial charge in [-0.05, 0) is 48.9 Å². The summed E-state index contributed by atoms with van der Waals surface area (Å²) >= 11 is 0. The Morgan fingerprint density at radius 1 is 1.13 bits per heavy atom. The maximum atomic E-state index is 5.43. The van der Waals surface area contributed by atoms with Gasteiger partial charge in [-0.3, -0.25) is 0 Å². The molecule has 1 aliphatic rings. The minimum absolute atomic E-state index is 0.360. The van der Waals surface area contributed by atoms with Crippen molar-refractivity contribution in [3.05, 3.63) is 29.3 Å². The first-order valence-corrected chi connectivity index (χ1v) is 5.58. The molecule has 1 nitrogen and oxygen atoms in total. The quantitative estimate of drug-likeness (QED) is 0.527. The van der Waals surface area contributed by atoms with E-state index in [1.165, 1.54) is 43.2 Å². The zero-order chi connectivity index (χ0) is 10.5. The molecular weight excluding hydrogens is 184 g/mol. The molecule has 2 rings (SSSR count). The Hall–Kier alpha value is -1.42. The fourth-order valence-electron chi connectivity index (χ4n) is 2.10. The van der Waals surface area contributed by atoms with Crippen LogP contribution in [0, 0.1) is 12.3 Å². The molecule has 0 heterocycles. The predicted octanol–water partition coefficient (Wildman–Crippen LogP) is 2.97. The fourth-order valence-corrected chi connectivity index (χ4v) is 2.10. The second-order valence-electron chi connectivity index (χ2n) is 3.98. The summed E-state index contributed by atoms with van der Waals surface area (Å²) in [6.45, 7) is 0.360. The zero-order valence-electron chi connectivity index (χ0n) is 8.96. The summed E-state index contributed by atoms with van der Waals surface area (Å²) in [5, 5.41) is 0. The van der Waals surface area contributed by atoms with Gasteiger partial charge in [0.1, 0.15) is 12.4 Å². The van der Waals surface area contributed by atoms with Crippen LogP contribution in [0.15, 0.2) is 18.2 Å². The molecule has 0 saturated heterocycles. The van der Waals surface area contributed by atoms with Crippen LogP contribution in [0.2, 0.25) is 0 Å². The van der Waals surface area contributed by atoms with Crippen molar-refractivity contribution in [3.63, 3.8) is 0 Å². The van der Waals surface area contributed by atoms with E-state index < -0.39 is 0 Å². The van der Waals surface area contributed by atoms with Crippen molar-refractivity contribution in [2.75, 3.05) is 6.61 Å². The molecule has 0 bridgehead atoms. The van der Waals surface area contributed by atoms with Gasteiger partial charge in [-0.15, -0.1) is 6.42 Å². The van der Waals surface area contributed by atoms with Crippen molar-refractivity contribution in [3.8, 4) is 18.1 Å². The molecule has 1 aromatic carbocycles. The van der Waals surface area contributed by atoms with Crippen LogP contribution in [-0.4, -0.2) is 6.61 Å². The maximum absolute atomic E-state index is 5.43. The van der Waals surface area contributed by atoms with E-state index in [1.54, 1.807) is 0 Å². The van der Waals surface area contributed by atoms with Gasteiger partial charge < -0.3 is 4.74 Å². The number of ether oxygens (including phenoxy) is 1. The van der Waals surface area contributed by atoms with E-state index in [2.05, 4.69) is 18.1 Å². The van der Waals surface area contributed by atoms with Gasteiger partial charge >= 0.3 is 0 Å². The molecule has 0 unspecified atom stereocenters. The molecule has 15 heavy (non-hydrogen) atoms. The molecule has 0 saturated carbocycles. The van der Waals surface area contributed by atoms with Gasteiger partial charge in [0.05, 0.1) is 0 Å². The van der Waals surface area contributed by atoms with Gasteiger partial charge in [0.2, 0.25) is 0 Å². The summed E-state index contributed by atoms with van der Waals surface area (Å²) < 4.78 is 5.43. The summed E-state index contributed by atoms with van der Waals surface area (Å²) in [6, 6.07) is 6.37. The van der Waals surface area contributed by atoms with Gasteiger partial charge in [0, 0.05) is 0 Å². The zero-order valence-corrected chi connectivity index (χ0v) is 8.96. The molecule has 1 aliphatic carbocycles. The van der Waals surface area contributed by atoms with Gasteiger partial charge in [-0.25, -0.2) is 0 Å². The number of terminal acetylenes is 1. The topological polar surface area (TPSA) is 9.23 Å². The molecule has 78 valence electrons. The lowest BCUT2D eigenvalue weighted by Gasteiger charge is -2.08. The minimum Gasteiger partial charge on any atom is -0.481 e. The molecule has 0 N–H and O–H groups in total. The normalized spacial score (nSPS) is 14.9. The van der Waals surface area contributed by atoms with Crippen molar-refractivity contribution in [1.82, 2.24) is 0 Å². The molecule has 0 spiro atoms. The highest BCUT2D eigenvalue weighted by atomic mass is 16.5. The molecule has 0 amide bonds. The first kappa shape index (κ1) is 10.1. The van der Waals surface area contributed by atoms with Crippen LogP contribution in [0.3, 0.4) is 0 Å². The molecule has 0 radical (unpaired) electrons. The molecule has 1 heteroatoms. The lowest BCUT2D eigenvalue weighted by molar-refractivity contribution is 0.370. The standard InChI is InChI=1S/C14H16O/c1-2-10-15-14-9-8-12-6-4-3-5-7-13(12)11-14/h1,8-9,11H,3-7,10H2. The first-order chi connectivity index (χ1) is 7.40. The number of fused-ring (bicyclic) bond motifs is 1. The third kappa shape index (κ3) is 2.53. The van der Waals surface area contributed by atoms with E-state index in [0.717, 1.165) is 5.75 Å². The van der Waals surface area contributed by atoms with Gasteiger partial charge in [0.25, 0.3) is 0 Å². The maximum Gasteiger partial charge on any atom is 0.148 e. The Labute approximate surface area is 91.5 Å². The van der Waals surface area contributed by atoms with E-state index in [4.69, 9.17) is 11.2 Å². The number of hydrogen-bond acceptors (Lipinski definition) is 1. The monoisotopic (exact) mass is 200 g/mol. The van der Waals surface area contributed by atoms with Gasteiger partial charge in [-0.2, -0.15) is 0 Å². The van der Waals surface area contributed by atoms with E-state index in [1.807, 2.05) is 6.07 Å². The summed E-state index contributed by atoms with van der Waals surface area (Å²) in [6.07, 6.45) is 11.5. The summed E-state index contributed by atoms with van der Waals surface area (Å²) in [5.74, 6) is 3.40. The summed E-state index contributed by atoms with van der Waals surface area (Å²) in [5.41, 5.74) is 2.93. The van der Waals surface area contributed by atoms with E-state index in [9.17, 15) is 0 Å². The molecule has 0 fully saturated rings. The Balaban J connectivity index is 2.17. The second-order valence-corrected chi connectivity index (χ2v) is 3.98. The number of hydrogen-bond donors (Lipinski definition) is 0. The van der Waals surface area contributed by atoms with Crippen LogP contribution < -0.4 is 4.74 Å². The highest BCUT2D eigenvalue weighted by Gasteiger charge is 2.08. The SMILES string of the molecule is C#CCOc1ccc2c(c1)CCCCC2. The highest BCUT2D eigenvalue weighted by molar-refractivity contribution is 5.36. The highest BCUT2D eigenvalue weighted by Crippen LogP contribution is 2.24. The lowest BCUT2D eigenvalue weighted by Crippen LogP contribution is -1.96. The number of benzene rings is 1. The largest absolute Gasteiger partial charge is 0.481 e. The Morgan fingerprint density at radius 2 is 1.93 bits per heavy atom. The first-order valence-electron chi connectivity index (χ1n) is 5.58. The van der Waals surface area contributed by atoms with E-state index in [-0.39, 0.29) is 0 Å². The van der Waals surface area contributed by atoms with Gasteiger partial charge in [0.15, 0.2) is 0 Å². The second kappa shape index (κ2) is 4.89. The van der Waals surface area contributed by atoms with Crippen LogP contribution in [0.1, 0.15) is 30.4 Å². The minimum atomic E-state index is 0.360. The Kier molecular flexibility index (Phi) is 3.29. The molecule has 0 aromatic heterocycles. The van der Waals surface area contributed by atoms with E-state index >= 15 is 0 Å². The summed E-state index contributed by atoms with van der Waals surface area (Å²) in [4.78, 5) is 0. The molecule has 0 atom stereocenters. The number of aryl methyl sites for hydroxylation is 2. The van der Waals surface area contributed by atoms with Crippen molar-refractivity contribution in [2.45, 2.75) is 32.1 Å². The van der Waals surface area contributed by atoms with Crippen LogP contribution in [0.25, 0.3) is 0 Å². The van der Waals surface area contributed by atoms with Crippen LogP contribution in [0.4, 0.5) is 0 Å². The third-order valence-electron chi connectivity index (χ3n) is 2.89. The summed E-state index contributed by atoms with van der Waals surface area (Å²) in [7, 11) is 0. The van der Waals surface area contributed by atoms with Gasteiger partial charge in [-0.1, -0.05) is 18.4 Å². The molecule has 0 aliphatic heterocycles. The fraction of sp³-hybridized carbons (Fsp3) is 0.429. The lowest BCUT2D eigenvalue weighted by atomic mass is 10.0. The third-order valence-corrected chi connectivity index (χ3v) is 2.89. The Morgan fingerprint density at radius 3 is 2.73 bits per heavy atom. The Bertz CT molecular complexity index is 373. The van der Waals surface area contributed by atoms with Crippen molar-refractivity contribution in [1.29, 1.82) is 0 Å². The van der Waals surface area contributed by atoms with Crippen molar-refractivity contribution < 1.29 is 4.74 Å². The van der Waals surface area contributed by atoms with Crippen molar-refractivity contribution in [2.24, 2.45) is 0 Å². The molecular formula is C14H16O. The number of rotatable bonds is 2. The van der Waals surface area contributed by atoms with Crippen molar-refractivity contribution >= 4 is 0 Å². The van der Waals surface area contributed by atoms with E-state index in [0.29, 0.717) is 6.61 Å². The molecule has 1 aromatic rings. The average Bonchev–Trinajstić information content (AvgIpc) is 2.50.